The van der Waals surface area contributed by atoms with Crippen molar-refractivity contribution >= 4 is 17.6 Å². The van der Waals surface area contributed by atoms with Crippen molar-refractivity contribution in [2.45, 2.75) is 64.1 Å². The molecule has 0 radical (unpaired) electrons. The van der Waals surface area contributed by atoms with Gasteiger partial charge in [0, 0.05) is 18.3 Å². The summed E-state index contributed by atoms with van der Waals surface area (Å²) in [6.07, 6.45) is 2.83. The van der Waals surface area contributed by atoms with E-state index >= 15 is 0 Å². The zero-order valence-corrected chi connectivity index (χ0v) is 19.2. The number of anilines is 1. The molecule has 2 unspecified atom stereocenters. The summed E-state index contributed by atoms with van der Waals surface area (Å²) in [6.45, 7) is 6.25. The molecule has 1 aliphatic rings. The Kier molecular flexibility index (Phi) is 7.91. The van der Waals surface area contributed by atoms with Crippen LogP contribution in [-0.4, -0.2) is 47.8 Å². The van der Waals surface area contributed by atoms with Crippen LogP contribution in [0.1, 0.15) is 44.7 Å². The van der Waals surface area contributed by atoms with Crippen LogP contribution >= 0.6 is 0 Å². The number of rotatable bonds is 8. The molecular formula is C26H34N2O4. The van der Waals surface area contributed by atoms with Gasteiger partial charge in [0.1, 0.15) is 18.2 Å². The molecular weight excluding hydrogens is 404 g/mol. The normalized spacial score (nSPS) is 17.2. The molecule has 2 aromatic carbocycles. The smallest absolute Gasteiger partial charge is 0.326 e. The van der Waals surface area contributed by atoms with Crippen LogP contribution in [-0.2, 0) is 27.2 Å². The van der Waals surface area contributed by atoms with E-state index in [1.807, 2.05) is 74.2 Å². The number of aliphatic carboxylic acids is 1. The number of hydrogen-bond acceptors (Lipinski definition) is 5. The standard InChI is InChI=1S/C26H34N2O4/c1-26(2,3)32-24(29)18-28-17-21(15-14-20-11-7-8-12-23(20)28)27-22(25(30)31)16-13-19-9-5-4-6-10-19/h4-12,21-22,27H,13-18H2,1-3H3,(H,30,31). The summed E-state index contributed by atoms with van der Waals surface area (Å²) in [7, 11) is 0. The molecule has 0 amide bonds. The van der Waals surface area contributed by atoms with E-state index in [-0.39, 0.29) is 18.6 Å². The number of para-hydroxylation sites is 1. The third kappa shape index (κ3) is 7.09. The number of carbonyl (C=O) groups excluding carboxylic acids is 1. The fourth-order valence-electron chi connectivity index (χ4n) is 4.15. The minimum atomic E-state index is -0.846. The third-order valence-corrected chi connectivity index (χ3v) is 5.57. The van der Waals surface area contributed by atoms with Gasteiger partial charge in [0.15, 0.2) is 0 Å². The number of carboxylic acids is 1. The van der Waals surface area contributed by atoms with Crippen LogP contribution in [0.4, 0.5) is 5.69 Å². The average Bonchev–Trinajstić information content (AvgIpc) is 2.90. The number of ether oxygens (including phenoxy) is 1. The number of carboxylic acid groups (broad SMARTS) is 1. The first-order chi connectivity index (χ1) is 15.2. The zero-order valence-electron chi connectivity index (χ0n) is 19.2. The summed E-state index contributed by atoms with van der Waals surface area (Å²) in [6, 6.07) is 17.3. The van der Waals surface area contributed by atoms with Crippen molar-refractivity contribution < 1.29 is 19.4 Å². The molecule has 2 N–H and O–H groups in total. The molecule has 6 nitrogen and oxygen atoms in total. The van der Waals surface area contributed by atoms with Crippen molar-refractivity contribution in [1.82, 2.24) is 5.32 Å². The van der Waals surface area contributed by atoms with Crippen LogP contribution in [0.2, 0.25) is 0 Å². The maximum absolute atomic E-state index is 12.6. The van der Waals surface area contributed by atoms with Crippen molar-refractivity contribution in [3.8, 4) is 0 Å². The number of aryl methyl sites for hydroxylation is 2. The van der Waals surface area contributed by atoms with Gasteiger partial charge in [-0.25, -0.2) is 0 Å². The van der Waals surface area contributed by atoms with E-state index in [1.165, 1.54) is 0 Å². The minimum absolute atomic E-state index is 0.0540. The molecule has 1 aliphatic heterocycles. The highest BCUT2D eigenvalue weighted by atomic mass is 16.6. The highest BCUT2D eigenvalue weighted by Gasteiger charge is 2.28. The molecule has 0 fully saturated rings. The molecule has 2 atom stereocenters. The lowest BCUT2D eigenvalue weighted by atomic mass is 10.0. The molecule has 2 aromatic rings. The van der Waals surface area contributed by atoms with Gasteiger partial charge in [0.05, 0.1) is 0 Å². The maximum atomic E-state index is 12.6. The molecule has 172 valence electrons. The van der Waals surface area contributed by atoms with Gasteiger partial charge >= 0.3 is 11.9 Å². The molecule has 0 aromatic heterocycles. The van der Waals surface area contributed by atoms with Crippen molar-refractivity contribution in [1.29, 1.82) is 0 Å². The van der Waals surface area contributed by atoms with Gasteiger partial charge in [-0.3, -0.25) is 14.9 Å². The highest BCUT2D eigenvalue weighted by Crippen LogP contribution is 2.27. The Morgan fingerprint density at radius 2 is 1.81 bits per heavy atom. The number of nitrogens with one attached hydrogen (secondary N) is 1. The minimum Gasteiger partial charge on any atom is -0.480 e. The zero-order chi connectivity index (χ0) is 23.1. The van der Waals surface area contributed by atoms with Crippen LogP contribution in [0, 0.1) is 0 Å². The van der Waals surface area contributed by atoms with E-state index < -0.39 is 17.6 Å². The van der Waals surface area contributed by atoms with Gasteiger partial charge in [-0.05, 0) is 63.6 Å². The Labute approximate surface area is 190 Å². The summed E-state index contributed by atoms with van der Waals surface area (Å²) in [5.41, 5.74) is 2.75. The van der Waals surface area contributed by atoms with Crippen molar-refractivity contribution in [3.63, 3.8) is 0 Å². The first-order valence-electron chi connectivity index (χ1n) is 11.3. The first-order valence-corrected chi connectivity index (χ1v) is 11.3. The van der Waals surface area contributed by atoms with E-state index in [0.717, 1.165) is 29.7 Å². The van der Waals surface area contributed by atoms with Gasteiger partial charge in [-0.2, -0.15) is 0 Å². The summed E-state index contributed by atoms with van der Waals surface area (Å²) in [5.74, 6) is -1.13. The van der Waals surface area contributed by atoms with Crippen LogP contribution in [0.5, 0.6) is 0 Å². The number of nitrogens with zero attached hydrogens (tertiary/aromatic N) is 1. The molecule has 0 saturated carbocycles. The largest absolute Gasteiger partial charge is 0.480 e. The Morgan fingerprint density at radius 3 is 2.50 bits per heavy atom. The van der Waals surface area contributed by atoms with Crippen molar-refractivity contribution in [3.05, 3.63) is 65.7 Å². The Hall–Kier alpha value is -2.86. The van der Waals surface area contributed by atoms with E-state index in [4.69, 9.17) is 4.74 Å². The van der Waals surface area contributed by atoms with E-state index in [9.17, 15) is 14.7 Å². The van der Waals surface area contributed by atoms with Gasteiger partial charge < -0.3 is 14.7 Å². The number of esters is 1. The lowest BCUT2D eigenvalue weighted by Gasteiger charge is -2.30. The third-order valence-electron chi connectivity index (χ3n) is 5.57. The second-order valence-corrected chi connectivity index (χ2v) is 9.41. The summed E-state index contributed by atoms with van der Waals surface area (Å²) >= 11 is 0. The second kappa shape index (κ2) is 10.6. The second-order valence-electron chi connectivity index (χ2n) is 9.41. The van der Waals surface area contributed by atoms with Crippen LogP contribution in [0.15, 0.2) is 54.6 Å². The molecule has 0 bridgehead atoms. The number of benzene rings is 2. The number of hydrogen-bond donors (Lipinski definition) is 2. The van der Waals surface area contributed by atoms with Crippen molar-refractivity contribution in [2.24, 2.45) is 0 Å². The molecule has 3 rings (SSSR count). The molecule has 0 spiro atoms. The first kappa shape index (κ1) is 23.8. The van der Waals surface area contributed by atoms with Crippen molar-refractivity contribution in [2.75, 3.05) is 18.0 Å². The van der Waals surface area contributed by atoms with Gasteiger partial charge in [0.25, 0.3) is 0 Å². The van der Waals surface area contributed by atoms with Gasteiger partial charge in [-0.1, -0.05) is 48.5 Å². The summed E-state index contributed by atoms with van der Waals surface area (Å²) < 4.78 is 5.54. The summed E-state index contributed by atoms with van der Waals surface area (Å²) in [5, 5.41) is 13.2. The van der Waals surface area contributed by atoms with Crippen LogP contribution in [0.25, 0.3) is 0 Å². The Bertz CT molecular complexity index is 908. The van der Waals surface area contributed by atoms with E-state index in [0.29, 0.717) is 19.4 Å². The highest BCUT2D eigenvalue weighted by molar-refractivity contribution is 5.77. The average molecular weight is 439 g/mol. The maximum Gasteiger partial charge on any atom is 0.326 e. The predicted molar refractivity (Wildman–Crippen MR) is 126 cm³/mol. The number of fused-ring (bicyclic) bond motifs is 1. The predicted octanol–water partition coefficient (Wildman–Crippen LogP) is 3.83. The van der Waals surface area contributed by atoms with E-state index in [2.05, 4.69) is 11.4 Å². The quantitative estimate of drug-likeness (QED) is 0.610. The monoisotopic (exact) mass is 438 g/mol. The van der Waals surface area contributed by atoms with Gasteiger partial charge in [0.2, 0.25) is 0 Å². The lowest BCUT2D eigenvalue weighted by Crippen LogP contribution is -2.49. The van der Waals surface area contributed by atoms with Crippen LogP contribution in [0.3, 0.4) is 0 Å². The molecule has 0 saturated heterocycles. The molecule has 1 heterocycles. The fourth-order valence-corrected chi connectivity index (χ4v) is 4.15. The molecule has 32 heavy (non-hydrogen) atoms. The topological polar surface area (TPSA) is 78.9 Å². The van der Waals surface area contributed by atoms with E-state index in [1.54, 1.807) is 0 Å². The Balaban J connectivity index is 1.71. The molecule has 6 heteroatoms. The SMILES string of the molecule is CC(C)(C)OC(=O)CN1CC(NC(CCc2ccccc2)C(=O)O)CCc2ccccc21. The Morgan fingerprint density at radius 1 is 1.12 bits per heavy atom. The molecule has 0 aliphatic carbocycles. The number of carbonyl (C=O) groups is 2. The van der Waals surface area contributed by atoms with Crippen LogP contribution < -0.4 is 10.2 Å². The van der Waals surface area contributed by atoms with Gasteiger partial charge in [-0.15, -0.1) is 0 Å². The lowest BCUT2D eigenvalue weighted by molar-refractivity contribution is -0.153. The fraction of sp³-hybridized carbons (Fsp3) is 0.462. The summed E-state index contributed by atoms with van der Waals surface area (Å²) in [4.78, 5) is 26.5.